The summed E-state index contributed by atoms with van der Waals surface area (Å²) in [7, 11) is 0. The van der Waals surface area contributed by atoms with E-state index in [1.807, 2.05) is 63.4 Å². The molecule has 0 saturated carbocycles. The monoisotopic (exact) mass is 361 g/mol. The zero-order valence-corrected chi connectivity index (χ0v) is 15.3. The van der Waals surface area contributed by atoms with Crippen LogP contribution in [-0.2, 0) is 0 Å². The minimum absolute atomic E-state index is 0.183. The van der Waals surface area contributed by atoms with Crippen LogP contribution in [0.1, 0.15) is 41.6 Å². The zero-order chi connectivity index (χ0) is 19.0. The van der Waals surface area contributed by atoms with Gasteiger partial charge in [-0.15, -0.1) is 0 Å². The fourth-order valence-electron chi connectivity index (χ4n) is 2.76. The van der Waals surface area contributed by atoms with Crippen molar-refractivity contribution in [2.45, 2.75) is 26.7 Å². The third-order valence-corrected chi connectivity index (χ3v) is 4.34. The molecular formula is C20H19N5O2. The predicted octanol–water partition coefficient (Wildman–Crippen LogP) is 4.07. The highest BCUT2D eigenvalue weighted by Gasteiger charge is 2.16. The fraction of sp³-hybridized carbons (Fsp3) is 0.200. The molecule has 136 valence electrons. The minimum Gasteiger partial charge on any atom is -0.334 e. The standard InChI is InChI=1S/C20H19N5O2/c1-12(2)18-23-20(27-24-18)14-8-7-13(3)15(10-14)22-19(26)16-11-21-17-6-4-5-9-25(16)17/h4-12H,1-3H3,(H,22,26). The van der Waals surface area contributed by atoms with E-state index in [0.717, 1.165) is 16.8 Å². The number of aryl methyl sites for hydroxylation is 1. The van der Waals surface area contributed by atoms with Gasteiger partial charge < -0.3 is 9.84 Å². The van der Waals surface area contributed by atoms with E-state index in [2.05, 4.69) is 20.4 Å². The lowest BCUT2D eigenvalue weighted by Crippen LogP contribution is -2.15. The Morgan fingerprint density at radius 3 is 2.85 bits per heavy atom. The van der Waals surface area contributed by atoms with Crippen LogP contribution >= 0.6 is 0 Å². The second-order valence-corrected chi connectivity index (χ2v) is 6.67. The third-order valence-electron chi connectivity index (χ3n) is 4.34. The van der Waals surface area contributed by atoms with Gasteiger partial charge in [-0.1, -0.05) is 31.1 Å². The number of imidazole rings is 1. The normalized spacial score (nSPS) is 11.3. The molecule has 0 aliphatic heterocycles. The van der Waals surface area contributed by atoms with Crippen LogP contribution in [0.15, 0.2) is 53.3 Å². The summed E-state index contributed by atoms with van der Waals surface area (Å²) in [5, 5.41) is 6.95. The molecule has 7 nitrogen and oxygen atoms in total. The average molecular weight is 361 g/mol. The van der Waals surface area contributed by atoms with Gasteiger partial charge in [0, 0.05) is 23.4 Å². The Bertz CT molecular complexity index is 1130. The van der Waals surface area contributed by atoms with Gasteiger partial charge >= 0.3 is 0 Å². The van der Waals surface area contributed by atoms with Gasteiger partial charge in [-0.3, -0.25) is 9.20 Å². The van der Waals surface area contributed by atoms with E-state index < -0.39 is 0 Å². The molecule has 1 amide bonds. The van der Waals surface area contributed by atoms with Crippen LogP contribution in [0, 0.1) is 6.92 Å². The average Bonchev–Trinajstić information content (AvgIpc) is 3.30. The molecule has 1 aromatic carbocycles. The molecule has 3 aromatic heterocycles. The Morgan fingerprint density at radius 1 is 1.22 bits per heavy atom. The van der Waals surface area contributed by atoms with Crippen molar-refractivity contribution in [2.75, 3.05) is 5.32 Å². The Hall–Kier alpha value is -3.48. The summed E-state index contributed by atoms with van der Waals surface area (Å²) in [6, 6.07) is 11.3. The maximum atomic E-state index is 12.8. The second-order valence-electron chi connectivity index (χ2n) is 6.67. The van der Waals surface area contributed by atoms with E-state index in [0.29, 0.717) is 23.1 Å². The van der Waals surface area contributed by atoms with Gasteiger partial charge in [-0.05, 0) is 36.8 Å². The Kier molecular flexibility index (Phi) is 4.19. The topological polar surface area (TPSA) is 85.3 Å². The smallest absolute Gasteiger partial charge is 0.274 e. The van der Waals surface area contributed by atoms with Crippen LogP contribution in [-0.4, -0.2) is 25.4 Å². The lowest BCUT2D eigenvalue weighted by molar-refractivity contribution is 0.102. The van der Waals surface area contributed by atoms with Crippen molar-refractivity contribution in [3.8, 4) is 11.5 Å². The van der Waals surface area contributed by atoms with E-state index in [1.165, 1.54) is 0 Å². The summed E-state index contributed by atoms with van der Waals surface area (Å²) in [6.45, 7) is 5.94. The van der Waals surface area contributed by atoms with E-state index in [1.54, 1.807) is 10.6 Å². The second kappa shape index (κ2) is 6.68. The van der Waals surface area contributed by atoms with E-state index >= 15 is 0 Å². The maximum Gasteiger partial charge on any atom is 0.274 e. The number of anilines is 1. The molecule has 0 saturated heterocycles. The van der Waals surface area contributed by atoms with Gasteiger partial charge in [0.2, 0.25) is 0 Å². The number of nitrogens with one attached hydrogen (secondary N) is 1. The van der Waals surface area contributed by atoms with Gasteiger partial charge in [0.15, 0.2) is 5.82 Å². The number of pyridine rings is 1. The Labute approximate surface area is 156 Å². The molecule has 27 heavy (non-hydrogen) atoms. The van der Waals surface area contributed by atoms with Crippen LogP contribution in [0.4, 0.5) is 5.69 Å². The van der Waals surface area contributed by atoms with Crippen molar-refractivity contribution in [3.63, 3.8) is 0 Å². The Balaban J connectivity index is 1.64. The number of hydrogen-bond acceptors (Lipinski definition) is 5. The van der Waals surface area contributed by atoms with Crippen molar-refractivity contribution in [1.29, 1.82) is 0 Å². The zero-order valence-electron chi connectivity index (χ0n) is 15.3. The molecule has 0 bridgehead atoms. The van der Waals surface area contributed by atoms with Gasteiger partial charge in [-0.25, -0.2) is 4.98 Å². The lowest BCUT2D eigenvalue weighted by atomic mass is 10.1. The summed E-state index contributed by atoms with van der Waals surface area (Å²) in [5.74, 6) is 1.04. The summed E-state index contributed by atoms with van der Waals surface area (Å²) in [4.78, 5) is 21.4. The van der Waals surface area contributed by atoms with Crippen molar-refractivity contribution >= 4 is 17.2 Å². The van der Waals surface area contributed by atoms with Crippen LogP contribution in [0.25, 0.3) is 17.1 Å². The molecule has 0 atom stereocenters. The number of rotatable bonds is 4. The van der Waals surface area contributed by atoms with Gasteiger partial charge in [0.05, 0.1) is 6.20 Å². The van der Waals surface area contributed by atoms with Crippen LogP contribution in [0.5, 0.6) is 0 Å². The molecule has 4 aromatic rings. The van der Waals surface area contributed by atoms with Crippen LogP contribution in [0.3, 0.4) is 0 Å². The fourth-order valence-corrected chi connectivity index (χ4v) is 2.76. The minimum atomic E-state index is -0.234. The quantitative estimate of drug-likeness (QED) is 0.592. The van der Waals surface area contributed by atoms with E-state index in [-0.39, 0.29) is 11.8 Å². The molecule has 1 N–H and O–H groups in total. The molecule has 0 spiro atoms. The van der Waals surface area contributed by atoms with Crippen LogP contribution < -0.4 is 5.32 Å². The van der Waals surface area contributed by atoms with E-state index in [4.69, 9.17) is 4.52 Å². The summed E-state index contributed by atoms with van der Waals surface area (Å²) in [6.07, 6.45) is 3.38. The van der Waals surface area contributed by atoms with E-state index in [9.17, 15) is 4.79 Å². The molecule has 0 aliphatic carbocycles. The predicted molar refractivity (Wildman–Crippen MR) is 102 cm³/mol. The van der Waals surface area contributed by atoms with Gasteiger partial charge in [0.1, 0.15) is 11.3 Å². The van der Waals surface area contributed by atoms with Gasteiger partial charge in [-0.2, -0.15) is 4.98 Å². The molecular weight excluding hydrogens is 342 g/mol. The first-order valence-corrected chi connectivity index (χ1v) is 8.71. The van der Waals surface area contributed by atoms with Crippen molar-refractivity contribution < 1.29 is 9.32 Å². The highest BCUT2D eigenvalue weighted by molar-refractivity contribution is 6.04. The van der Waals surface area contributed by atoms with Crippen molar-refractivity contribution in [1.82, 2.24) is 19.5 Å². The first-order chi connectivity index (χ1) is 13.0. The number of amides is 1. The number of carbonyl (C=O) groups excluding carboxylic acids is 1. The SMILES string of the molecule is Cc1ccc(-c2nc(C(C)C)no2)cc1NC(=O)c1cnc2ccccn12. The number of benzene rings is 1. The molecule has 0 fully saturated rings. The first-order valence-electron chi connectivity index (χ1n) is 8.71. The van der Waals surface area contributed by atoms with Gasteiger partial charge in [0.25, 0.3) is 11.8 Å². The number of aromatic nitrogens is 4. The molecule has 0 radical (unpaired) electrons. The summed E-state index contributed by atoms with van der Waals surface area (Å²) in [5.41, 5.74) is 3.57. The number of carbonyl (C=O) groups is 1. The number of fused-ring (bicyclic) bond motifs is 1. The van der Waals surface area contributed by atoms with Crippen molar-refractivity contribution in [3.05, 3.63) is 65.9 Å². The Morgan fingerprint density at radius 2 is 2.07 bits per heavy atom. The third kappa shape index (κ3) is 3.19. The summed E-state index contributed by atoms with van der Waals surface area (Å²) >= 11 is 0. The highest BCUT2D eigenvalue weighted by atomic mass is 16.5. The van der Waals surface area contributed by atoms with Crippen molar-refractivity contribution in [2.24, 2.45) is 0 Å². The number of nitrogens with zero attached hydrogens (tertiary/aromatic N) is 4. The molecule has 4 rings (SSSR count). The first kappa shape index (κ1) is 17.0. The lowest BCUT2D eigenvalue weighted by Gasteiger charge is -2.09. The summed E-state index contributed by atoms with van der Waals surface area (Å²) < 4.78 is 7.11. The van der Waals surface area contributed by atoms with Crippen LogP contribution in [0.2, 0.25) is 0 Å². The molecule has 0 aliphatic rings. The molecule has 3 heterocycles. The highest BCUT2D eigenvalue weighted by Crippen LogP contribution is 2.26. The largest absolute Gasteiger partial charge is 0.334 e. The number of hydrogen-bond donors (Lipinski definition) is 1. The molecule has 7 heteroatoms. The maximum absolute atomic E-state index is 12.8. The molecule has 0 unspecified atom stereocenters.